The topological polar surface area (TPSA) is 116 Å². The number of phenols is 1. The predicted molar refractivity (Wildman–Crippen MR) is 131 cm³/mol. The Morgan fingerprint density at radius 2 is 2.09 bits per heavy atom. The second-order valence-electron chi connectivity index (χ2n) is 8.93. The van der Waals surface area contributed by atoms with Gasteiger partial charge in [-0.05, 0) is 74.8 Å². The van der Waals surface area contributed by atoms with Crippen LogP contribution in [0, 0.1) is 13.8 Å². The number of H-pyrrole nitrogens is 1. The maximum atomic E-state index is 13.1. The van der Waals surface area contributed by atoms with Crippen LogP contribution in [-0.4, -0.2) is 46.4 Å². The van der Waals surface area contributed by atoms with E-state index >= 15 is 0 Å². The van der Waals surface area contributed by atoms with Gasteiger partial charge >= 0.3 is 0 Å². The fraction of sp³-hybridized carbons (Fsp3) is 0.400. The zero-order valence-electron chi connectivity index (χ0n) is 19.3. The monoisotopic (exact) mass is 480 g/mol. The van der Waals surface area contributed by atoms with Crippen LogP contribution in [0.2, 0.25) is 0 Å². The van der Waals surface area contributed by atoms with Crippen molar-refractivity contribution in [3.05, 3.63) is 51.0 Å². The standard InChI is InChI=1S/C25H28N4O4S/c1-13-8-9-16(22(30)14(13)2)18-11-19(29-28-18)23(31)27-25-21(17-6-3-7-20(17)34-25)24(32)26-12-15-5-4-10-33-15/h8-9,11,15,30H,3-7,10,12H2,1-2H3,(H,26,32)(H,27,31)(H,28,29). The summed E-state index contributed by atoms with van der Waals surface area (Å²) in [6, 6.07) is 5.31. The number of hydrogen-bond donors (Lipinski definition) is 4. The van der Waals surface area contributed by atoms with Crippen LogP contribution in [0.15, 0.2) is 18.2 Å². The minimum absolute atomic E-state index is 0.0546. The van der Waals surface area contributed by atoms with Crippen molar-refractivity contribution >= 4 is 28.2 Å². The summed E-state index contributed by atoms with van der Waals surface area (Å²) in [6.07, 6.45) is 4.79. The summed E-state index contributed by atoms with van der Waals surface area (Å²) in [5.41, 5.74) is 4.65. The van der Waals surface area contributed by atoms with Gasteiger partial charge in [0.25, 0.3) is 11.8 Å². The Morgan fingerprint density at radius 1 is 1.24 bits per heavy atom. The molecule has 1 aliphatic heterocycles. The van der Waals surface area contributed by atoms with Crippen molar-refractivity contribution in [3.8, 4) is 17.0 Å². The van der Waals surface area contributed by atoms with E-state index in [0.29, 0.717) is 28.4 Å². The van der Waals surface area contributed by atoms with E-state index in [2.05, 4.69) is 20.8 Å². The molecule has 1 atom stereocenters. The zero-order chi connectivity index (χ0) is 23.8. The van der Waals surface area contributed by atoms with Crippen molar-refractivity contribution in [2.45, 2.75) is 52.1 Å². The fourth-order valence-electron chi connectivity index (χ4n) is 4.59. The molecule has 0 saturated carbocycles. The molecular formula is C25H28N4O4S. The smallest absolute Gasteiger partial charge is 0.274 e. The Hall–Kier alpha value is -3.17. The molecule has 8 nitrogen and oxygen atoms in total. The number of ether oxygens (including phenoxy) is 1. The van der Waals surface area contributed by atoms with Crippen molar-refractivity contribution in [1.29, 1.82) is 0 Å². The van der Waals surface area contributed by atoms with Gasteiger partial charge in [0.15, 0.2) is 0 Å². The van der Waals surface area contributed by atoms with E-state index in [4.69, 9.17) is 4.74 Å². The van der Waals surface area contributed by atoms with E-state index in [0.717, 1.165) is 60.3 Å². The number of rotatable bonds is 6. The summed E-state index contributed by atoms with van der Waals surface area (Å²) in [7, 11) is 0. The van der Waals surface area contributed by atoms with E-state index in [1.54, 1.807) is 12.1 Å². The third kappa shape index (κ3) is 4.21. The maximum absolute atomic E-state index is 13.1. The molecule has 2 aliphatic rings. The van der Waals surface area contributed by atoms with Crippen LogP contribution < -0.4 is 10.6 Å². The molecule has 3 aromatic rings. The summed E-state index contributed by atoms with van der Waals surface area (Å²) < 4.78 is 5.62. The van der Waals surface area contributed by atoms with Crippen molar-refractivity contribution in [3.63, 3.8) is 0 Å². The number of aromatic nitrogens is 2. The highest BCUT2D eigenvalue weighted by Gasteiger charge is 2.29. The molecule has 9 heteroatoms. The van der Waals surface area contributed by atoms with E-state index in [1.165, 1.54) is 11.3 Å². The van der Waals surface area contributed by atoms with E-state index < -0.39 is 0 Å². The zero-order valence-corrected chi connectivity index (χ0v) is 20.1. The van der Waals surface area contributed by atoms with Gasteiger partial charge in [0, 0.05) is 23.6 Å². The van der Waals surface area contributed by atoms with Gasteiger partial charge in [-0.3, -0.25) is 14.7 Å². The minimum Gasteiger partial charge on any atom is -0.507 e. The fourth-order valence-corrected chi connectivity index (χ4v) is 5.87. The van der Waals surface area contributed by atoms with Gasteiger partial charge in [0.05, 0.1) is 17.4 Å². The molecule has 1 fully saturated rings. The number of nitrogens with zero attached hydrogens (tertiary/aromatic N) is 1. The largest absolute Gasteiger partial charge is 0.507 e. The summed E-state index contributed by atoms with van der Waals surface area (Å²) in [6.45, 7) is 4.98. The molecule has 0 spiro atoms. The van der Waals surface area contributed by atoms with Crippen LogP contribution >= 0.6 is 11.3 Å². The molecule has 2 aromatic heterocycles. The number of hydrogen-bond acceptors (Lipinski definition) is 6. The van der Waals surface area contributed by atoms with Crippen LogP contribution in [-0.2, 0) is 17.6 Å². The van der Waals surface area contributed by atoms with Gasteiger partial charge in [-0.25, -0.2) is 0 Å². The molecule has 4 N–H and O–H groups in total. The van der Waals surface area contributed by atoms with Crippen molar-refractivity contribution in [2.75, 3.05) is 18.5 Å². The van der Waals surface area contributed by atoms with Crippen LogP contribution in [0.5, 0.6) is 5.75 Å². The first-order valence-corrected chi connectivity index (χ1v) is 12.4. The highest BCUT2D eigenvalue weighted by molar-refractivity contribution is 7.17. The van der Waals surface area contributed by atoms with E-state index in [9.17, 15) is 14.7 Å². The maximum Gasteiger partial charge on any atom is 0.274 e. The Labute approximate surface area is 201 Å². The first-order chi connectivity index (χ1) is 16.4. The lowest BCUT2D eigenvalue weighted by atomic mass is 10.0. The SMILES string of the molecule is Cc1ccc(-c2cc(C(=O)Nc3sc4c(c3C(=O)NCC3CCCO3)CCC4)[nH]n2)c(O)c1C. The van der Waals surface area contributed by atoms with Crippen LogP contribution in [0.4, 0.5) is 5.00 Å². The second kappa shape index (κ2) is 9.23. The normalized spacial score (nSPS) is 17.1. The molecule has 3 heterocycles. The number of phenolic OH excluding ortho intramolecular Hbond substituents is 1. The number of carbonyl (C=O) groups is 2. The lowest BCUT2D eigenvalue weighted by Crippen LogP contribution is -2.32. The molecule has 0 radical (unpaired) electrons. The van der Waals surface area contributed by atoms with Gasteiger partial charge in [-0.1, -0.05) is 6.07 Å². The van der Waals surface area contributed by atoms with Crippen molar-refractivity contribution in [2.24, 2.45) is 0 Å². The lowest BCUT2D eigenvalue weighted by Gasteiger charge is -2.12. The van der Waals surface area contributed by atoms with Gasteiger partial charge in [-0.15, -0.1) is 11.3 Å². The number of aromatic hydroxyl groups is 1. The number of anilines is 1. The molecule has 5 rings (SSSR count). The Kier molecular flexibility index (Phi) is 6.14. The third-order valence-corrected chi connectivity index (χ3v) is 7.90. The van der Waals surface area contributed by atoms with Gasteiger partial charge in [0.1, 0.15) is 16.4 Å². The predicted octanol–water partition coefficient (Wildman–Crippen LogP) is 4.11. The lowest BCUT2D eigenvalue weighted by molar-refractivity contribution is 0.0858. The van der Waals surface area contributed by atoms with E-state index in [1.807, 2.05) is 19.9 Å². The quantitative estimate of drug-likeness (QED) is 0.424. The number of amides is 2. The molecule has 178 valence electrons. The first-order valence-electron chi connectivity index (χ1n) is 11.6. The summed E-state index contributed by atoms with van der Waals surface area (Å²) in [5.74, 6) is -0.399. The Bertz CT molecular complexity index is 1260. The number of benzene rings is 1. The van der Waals surface area contributed by atoms with E-state index in [-0.39, 0.29) is 29.4 Å². The number of thiophene rings is 1. The second-order valence-corrected chi connectivity index (χ2v) is 10.0. The average molecular weight is 481 g/mol. The van der Waals surface area contributed by atoms with Crippen molar-refractivity contribution in [1.82, 2.24) is 15.5 Å². The number of aryl methyl sites for hydroxylation is 2. The molecule has 1 aromatic carbocycles. The number of nitrogens with one attached hydrogen (secondary N) is 3. The highest BCUT2D eigenvalue weighted by atomic mass is 32.1. The number of carbonyl (C=O) groups excluding carboxylic acids is 2. The molecule has 34 heavy (non-hydrogen) atoms. The summed E-state index contributed by atoms with van der Waals surface area (Å²) in [5, 5.41) is 24.0. The van der Waals surface area contributed by atoms with Crippen LogP contribution in [0.25, 0.3) is 11.3 Å². The molecule has 1 unspecified atom stereocenters. The minimum atomic E-state index is -0.379. The molecule has 1 aliphatic carbocycles. The molecule has 1 saturated heterocycles. The number of aromatic amines is 1. The summed E-state index contributed by atoms with van der Waals surface area (Å²) >= 11 is 1.47. The Balaban J connectivity index is 1.35. The van der Waals surface area contributed by atoms with Gasteiger partial charge in [0.2, 0.25) is 0 Å². The average Bonchev–Trinajstić information content (AvgIpc) is 3.60. The van der Waals surface area contributed by atoms with Crippen LogP contribution in [0.1, 0.15) is 61.7 Å². The number of fused-ring (bicyclic) bond motifs is 1. The van der Waals surface area contributed by atoms with Crippen LogP contribution in [0.3, 0.4) is 0 Å². The van der Waals surface area contributed by atoms with Gasteiger partial charge in [-0.2, -0.15) is 5.10 Å². The molecule has 0 bridgehead atoms. The molecular weight excluding hydrogens is 452 g/mol. The highest BCUT2D eigenvalue weighted by Crippen LogP contribution is 2.39. The van der Waals surface area contributed by atoms with Gasteiger partial charge < -0.3 is 20.5 Å². The van der Waals surface area contributed by atoms with Crippen molar-refractivity contribution < 1.29 is 19.4 Å². The Morgan fingerprint density at radius 3 is 2.88 bits per heavy atom. The first kappa shape index (κ1) is 22.6. The summed E-state index contributed by atoms with van der Waals surface area (Å²) in [4.78, 5) is 27.3. The third-order valence-electron chi connectivity index (χ3n) is 6.69. The molecule has 2 amide bonds.